The fourth-order valence-corrected chi connectivity index (χ4v) is 4.44. The SMILES string of the molecule is O=C([O-])C1=Cc2sc(C(c3ccccc3)n3ccnc3)cc2CC1.[Na+]. The van der Waals surface area contributed by atoms with Gasteiger partial charge >= 0.3 is 29.6 Å². The monoisotopic (exact) mass is 358 g/mol. The summed E-state index contributed by atoms with van der Waals surface area (Å²) in [7, 11) is 0. The summed E-state index contributed by atoms with van der Waals surface area (Å²) in [6.07, 6.45) is 8.59. The zero-order valence-electron chi connectivity index (χ0n) is 13.9. The summed E-state index contributed by atoms with van der Waals surface area (Å²) in [5.41, 5.74) is 2.77. The average Bonchev–Trinajstić information content (AvgIpc) is 3.25. The molecule has 1 aromatic carbocycles. The number of aromatic nitrogens is 2. The molecule has 1 aliphatic rings. The fourth-order valence-electron chi connectivity index (χ4n) is 3.12. The van der Waals surface area contributed by atoms with Gasteiger partial charge in [0.15, 0.2) is 0 Å². The Kier molecular flexibility index (Phi) is 5.59. The van der Waals surface area contributed by atoms with Gasteiger partial charge in [0.1, 0.15) is 0 Å². The van der Waals surface area contributed by atoms with E-state index in [-0.39, 0.29) is 35.6 Å². The van der Waals surface area contributed by atoms with Gasteiger partial charge in [0.25, 0.3) is 0 Å². The van der Waals surface area contributed by atoms with Gasteiger partial charge in [0.2, 0.25) is 0 Å². The van der Waals surface area contributed by atoms with E-state index in [2.05, 4.69) is 27.8 Å². The molecular weight excluding hydrogens is 343 g/mol. The van der Waals surface area contributed by atoms with Crippen LogP contribution < -0.4 is 34.7 Å². The second-order valence-corrected chi connectivity index (χ2v) is 6.93. The molecule has 4 nitrogen and oxygen atoms in total. The van der Waals surface area contributed by atoms with Crippen LogP contribution in [0.3, 0.4) is 0 Å². The number of aliphatic carboxylic acids is 1. The third-order valence-electron chi connectivity index (χ3n) is 4.30. The van der Waals surface area contributed by atoms with E-state index in [1.54, 1.807) is 23.6 Å². The van der Waals surface area contributed by atoms with Crippen molar-refractivity contribution in [3.63, 3.8) is 0 Å². The summed E-state index contributed by atoms with van der Waals surface area (Å²) < 4.78 is 2.08. The Labute approximate surface area is 172 Å². The molecule has 0 radical (unpaired) electrons. The predicted molar refractivity (Wildman–Crippen MR) is 91.5 cm³/mol. The first-order chi connectivity index (χ1) is 11.7. The molecule has 0 amide bonds. The first kappa shape index (κ1) is 18.1. The van der Waals surface area contributed by atoms with E-state index >= 15 is 0 Å². The summed E-state index contributed by atoms with van der Waals surface area (Å²) in [6, 6.07) is 12.5. The molecule has 120 valence electrons. The van der Waals surface area contributed by atoms with Crippen molar-refractivity contribution in [1.29, 1.82) is 0 Å². The largest absolute Gasteiger partial charge is 1.00 e. The number of fused-ring (bicyclic) bond motifs is 1. The van der Waals surface area contributed by atoms with Gasteiger partial charge in [-0.05, 0) is 41.7 Å². The molecule has 0 saturated carbocycles. The number of imidazole rings is 1. The van der Waals surface area contributed by atoms with Gasteiger partial charge in [-0.2, -0.15) is 0 Å². The third kappa shape index (κ3) is 3.65. The summed E-state index contributed by atoms with van der Waals surface area (Å²) in [6.45, 7) is 0. The molecule has 1 unspecified atom stereocenters. The van der Waals surface area contributed by atoms with Crippen LogP contribution in [0.1, 0.15) is 33.3 Å². The van der Waals surface area contributed by atoms with Crippen molar-refractivity contribution in [2.75, 3.05) is 0 Å². The Hall–Kier alpha value is -1.66. The number of rotatable bonds is 4. The van der Waals surface area contributed by atoms with E-state index < -0.39 is 5.97 Å². The minimum atomic E-state index is -1.06. The van der Waals surface area contributed by atoms with Gasteiger partial charge in [0.05, 0.1) is 18.3 Å². The summed E-state index contributed by atoms with van der Waals surface area (Å²) in [5, 5.41) is 11.1. The normalized spacial score (nSPS) is 14.2. The van der Waals surface area contributed by atoms with E-state index in [1.807, 2.05) is 30.7 Å². The molecule has 2 heterocycles. The Morgan fingerprint density at radius 3 is 2.72 bits per heavy atom. The molecule has 0 N–H and O–H groups in total. The fraction of sp³-hybridized carbons (Fsp3) is 0.158. The van der Waals surface area contributed by atoms with Crippen LogP contribution in [0.5, 0.6) is 0 Å². The number of aryl methyl sites for hydroxylation is 1. The number of carbonyl (C=O) groups excluding carboxylic acids is 1. The molecule has 0 bridgehead atoms. The average molecular weight is 358 g/mol. The van der Waals surface area contributed by atoms with Crippen LogP contribution in [-0.4, -0.2) is 15.5 Å². The van der Waals surface area contributed by atoms with Gasteiger partial charge < -0.3 is 14.5 Å². The van der Waals surface area contributed by atoms with Crippen LogP contribution >= 0.6 is 11.3 Å². The molecule has 2 aromatic heterocycles. The minimum absolute atomic E-state index is 0. The van der Waals surface area contributed by atoms with Gasteiger partial charge in [-0.3, -0.25) is 0 Å². The van der Waals surface area contributed by atoms with Crippen LogP contribution in [0.15, 0.2) is 60.7 Å². The maximum Gasteiger partial charge on any atom is 1.00 e. The maximum atomic E-state index is 11.1. The van der Waals surface area contributed by atoms with E-state index in [1.165, 1.54) is 16.0 Å². The van der Waals surface area contributed by atoms with E-state index in [0.29, 0.717) is 12.0 Å². The van der Waals surface area contributed by atoms with Crippen molar-refractivity contribution >= 4 is 23.4 Å². The summed E-state index contributed by atoms with van der Waals surface area (Å²) >= 11 is 1.64. The van der Waals surface area contributed by atoms with Crippen molar-refractivity contribution < 1.29 is 39.5 Å². The van der Waals surface area contributed by atoms with Crippen molar-refractivity contribution in [3.05, 3.63) is 81.6 Å². The molecule has 4 rings (SSSR count). The number of carboxylic acid groups (broad SMARTS) is 1. The molecule has 3 aromatic rings. The quantitative estimate of drug-likeness (QED) is 0.600. The van der Waals surface area contributed by atoms with E-state index in [9.17, 15) is 9.90 Å². The van der Waals surface area contributed by atoms with Crippen molar-refractivity contribution in [2.24, 2.45) is 0 Å². The number of hydrogen-bond donors (Lipinski definition) is 0. The Balaban J connectivity index is 0.00000182. The van der Waals surface area contributed by atoms with Crippen molar-refractivity contribution in [1.82, 2.24) is 9.55 Å². The van der Waals surface area contributed by atoms with E-state index in [4.69, 9.17) is 0 Å². The Bertz CT molecular complexity index is 901. The first-order valence-corrected chi connectivity index (χ1v) is 8.61. The topological polar surface area (TPSA) is 57.9 Å². The van der Waals surface area contributed by atoms with Gasteiger partial charge in [-0.1, -0.05) is 30.3 Å². The minimum Gasteiger partial charge on any atom is -0.545 e. The van der Waals surface area contributed by atoms with Crippen molar-refractivity contribution in [3.8, 4) is 0 Å². The second kappa shape index (κ2) is 7.70. The molecular formula is C19H15N2NaO2S. The molecule has 25 heavy (non-hydrogen) atoms. The maximum absolute atomic E-state index is 11.1. The first-order valence-electron chi connectivity index (χ1n) is 7.79. The summed E-state index contributed by atoms with van der Waals surface area (Å²) in [5.74, 6) is -1.06. The zero-order chi connectivity index (χ0) is 16.5. The number of benzene rings is 1. The predicted octanol–water partition coefficient (Wildman–Crippen LogP) is -0.334. The number of thiophene rings is 1. The van der Waals surface area contributed by atoms with Crippen LogP contribution in [0.4, 0.5) is 0 Å². The number of nitrogens with zero attached hydrogens (tertiary/aromatic N) is 2. The van der Waals surface area contributed by atoms with Crippen molar-refractivity contribution in [2.45, 2.75) is 18.9 Å². The molecule has 0 saturated heterocycles. The molecule has 0 fully saturated rings. The molecule has 1 aliphatic carbocycles. The van der Waals surface area contributed by atoms with Crippen LogP contribution in [0.25, 0.3) is 6.08 Å². The standard InChI is InChI=1S/C19H16N2O2S.Na/c22-19(23)15-7-6-14-10-17(24-16(14)11-15)18(21-9-8-20-12-21)13-4-2-1-3-5-13;/h1-5,8-12,18H,6-7H2,(H,22,23);/q;+1/p-1. The van der Waals surface area contributed by atoms with Gasteiger partial charge in [0, 0.05) is 22.1 Å². The van der Waals surface area contributed by atoms with Crippen LogP contribution in [0, 0.1) is 0 Å². The van der Waals surface area contributed by atoms with Crippen LogP contribution in [0.2, 0.25) is 0 Å². The smallest absolute Gasteiger partial charge is 0.545 e. The Morgan fingerprint density at radius 1 is 1.24 bits per heavy atom. The molecule has 1 atom stereocenters. The van der Waals surface area contributed by atoms with Crippen LogP contribution in [-0.2, 0) is 11.2 Å². The van der Waals surface area contributed by atoms with Gasteiger partial charge in [-0.15, -0.1) is 11.3 Å². The van der Waals surface area contributed by atoms with Gasteiger partial charge in [-0.25, -0.2) is 4.98 Å². The third-order valence-corrected chi connectivity index (χ3v) is 5.48. The Morgan fingerprint density at radius 2 is 2.04 bits per heavy atom. The number of carboxylic acids is 1. The van der Waals surface area contributed by atoms with E-state index in [0.717, 1.165) is 11.3 Å². The zero-order valence-corrected chi connectivity index (χ0v) is 16.7. The molecule has 0 aliphatic heterocycles. The second-order valence-electron chi connectivity index (χ2n) is 5.82. The molecule has 6 heteroatoms. The number of carbonyl (C=O) groups is 1. The molecule has 0 spiro atoms. The summed E-state index contributed by atoms with van der Waals surface area (Å²) in [4.78, 5) is 17.5. The number of hydrogen-bond acceptors (Lipinski definition) is 4.